The Kier molecular flexibility index (Phi) is 5.73. The molecule has 0 saturated carbocycles. The highest BCUT2D eigenvalue weighted by Gasteiger charge is 2.32. The Bertz CT molecular complexity index is 548. The molecule has 6 nitrogen and oxygen atoms in total. The van der Waals surface area contributed by atoms with Crippen LogP contribution >= 0.6 is 0 Å². The Morgan fingerprint density at radius 2 is 1.75 bits per heavy atom. The van der Waals surface area contributed by atoms with Crippen LogP contribution in [0.3, 0.4) is 0 Å². The molecule has 8 heteroatoms. The summed E-state index contributed by atoms with van der Waals surface area (Å²) in [5.74, 6) is 0. The van der Waals surface area contributed by atoms with Gasteiger partial charge < -0.3 is 10.0 Å². The topological polar surface area (TPSA) is 81.1 Å². The third kappa shape index (κ3) is 3.39. The molecule has 0 fully saturated rings. The van der Waals surface area contributed by atoms with Crippen LogP contribution < -0.4 is 5.46 Å². The summed E-state index contributed by atoms with van der Waals surface area (Å²) in [7, 11) is -0.537. The van der Waals surface area contributed by atoms with Crippen molar-refractivity contribution in [2.75, 3.05) is 21.1 Å². The van der Waals surface area contributed by atoms with Crippen LogP contribution in [0.1, 0.15) is 13.3 Å². The minimum atomic E-state index is -3.80. The van der Waals surface area contributed by atoms with Crippen LogP contribution in [0, 0.1) is 0 Å². The Morgan fingerprint density at radius 1 is 1.20 bits per heavy atom. The number of nitrogens with zero attached hydrogens (tertiary/aromatic N) is 2. The zero-order valence-corrected chi connectivity index (χ0v) is 13.0. The molecule has 1 atom stereocenters. The number of hydrogen-bond acceptors (Lipinski definition) is 5. The van der Waals surface area contributed by atoms with Crippen LogP contribution in [0.4, 0.5) is 0 Å². The van der Waals surface area contributed by atoms with Crippen molar-refractivity contribution >= 4 is 22.6 Å². The van der Waals surface area contributed by atoms with Gasteiger partial charge in [-0.2, -0.15) is 4.31 Å². The summed E-state index contributed by atoms with van der Waals surface area (Å²) in [6.07, 6.45) is 0.316. The maximum Gasteiger partial charge on any atom is 0.489 e. The lowest BCUT2D eigenvalue weighted by molar-refractivity contribution is 0.170. The summed E-state index contributed by atoms with van der Waals surface area (Å²) in [6, 6.07) is 5.89. The Balaban J connectivity index is 3.30. The highest BCUT2D eigenvalue weighted by molar-refractivity contribution is 7.89. The molecule has 0 aliphatic carbocycles. The molecule has 2 N–H and O–H groups in total. The normalized spacial score (nSPS) is 13.8. The highest BCUT2D eigenvalue weighted by Crippen LogP contribution is 2.17. The van der Waals surface area contributed by atoms with E-state index in [9.17, 15) is 18.5 Å². The SMILES string of the molecule is CCC(N(C)C)N(C)S(=O)(=O)c1ccccc1B(O)O. The van der Waals surface area contributed by atoms with Gasteiger partial charge in [-0.15, -0.1) is 0 Å². The molecule has 112 valence electrons. The predicted octanol–water partition coefficient (Wildman–Crippen LogP) is -0.715. The van der Waals surface area contributed by atoms with Crippen molar-refractivity contribution in [2.45, 2.75) is 24.4 Å². The largest absolute Gasteiger partial charge is 0.489 e. The first-order valence-corrected chi connectivity index (χ1v) is 7.77. The van der Waals surface area contributed by atoms with Crippen LogP contribution in [-0.2, 0) is 10.0 Å². The van der Waals surface area contributed by atoms with E-state index in [1.807, 2.05) is 6.92 Å². The van der Waals surface area contributed by atoms with Crippen LogP contribution in [-0.4, -0.2) is 62.1 Å². The summed E-state index contributed by atoms with van der Waals surface area (Å²) in [4.78, 5) is 1.72. The first-order chi connectivity index (χ1) is 9.23. The van der Waals surface area contributed by atoms with Gasteiger partial charge in [0.15, 0.2) is 0 Å². The number of sulfonamides is 1. The minimum Gasteiger partial charge on any atom is -0.423 e. The van der Waals surface area contributed by atoms with E-state index < -0.39 is 17.1 Å². The van der Waals surface area contributed by atoms with Crippen molar-refractivity contribution < 1.29 is 18.5 Å². The minimum absolute atomic E-state index is 0.0204. The van der Waals surface area contributed by atoms with Gasteiger partial charge in [-0.25, -0.2) is 8.42 Å². The monoisotopic (exact) mass is 300 g/mol. The molecule has 0 radical (unpaired) electrons. The van der Waals surface area contributed by atoms with E-state index in [0.717, 1.165) is 0 Å². The zero-order valence-electron chi connectivity index (χ0n) is 12.2. The summed E-state index contributed by atoms with van der Waals surface area (Å²) in [6.45, 7) is 1.89. The summed E-state index contributed by atoms with van der Waals surface area (Å²) in [5.41, 5.74) is -0.0204. The van der Waals surface area contributed by atoms with Gasteiger partial charge >= 0.3 is 7.12 Å². The maximum absolute atomic E-state index is 12.6. The molecule has 1 rings (SSSR count). The van der Waals surface area contributed by atoms with Crippen molar-refractivity contribution in [1.82, 2.24) is 9.21 Å². The van der Waals surface area contributed by atoms with Crippen LogP contribution in [0.2, 0.25) is 0 Å². The maximum atomic E-state index is 12.6. The third-order valence-electron chi connectivity index (χ3n) is 3.24. The van der Waals surface area contributed by atoms with E-state index >= 15 is 0 Å². The average molecular weight is 300 g/mol. The van der Waals surface area contributed by atoms with E-state index in [1.54, 1.807) is 31.1 Å². The Labute approximate surface area is 120 Å². The van der Waals surface area contributed by atoms with Gasteiger partial charge in [0.1, 0.15) is 0 Å². The van der Waals surface area contributed by atoms with Gasteiger partial charge in [0.25, 0.3) is 0 Å². The molecule has 1 unspecified atom stereocenters. The van der Waals surface area contributed by atoms with E-state index in [2.05, 4.69) is 0 Å². The van der Waals surface area contributed by atoms with Gasteiger partial charge in [-0.05, 0) is 26.6 Å². The fourth-order valence-corrected chi connectivity index (χ4v) is 3.88. The van der Waals surface area contributed by atoms with Crippen molar-refractivity contribution in [3.8, 4) is 0 Å². The lowest BCUT2D eigenvalue weighted by atomic mass is 9.80. The molecular weight excluding hydrogens is 279 g/mol. The standard InChI is InChI=1S/C12H21BN2O4S/c1-5-12(14(2)3)15(4)20(18,19)11-9-7-6-8-10(11)13(16)17/h6-9,12,16-17H,5H2,1-4H3. The molecule has 0 aliphatic heterocycles. The molecule has 0 saturated heterocycles. The molecular formula is C12H21BN2O4S. The predicted molar refractivity (Wildman–Crippen MR) is 79.0 cm³/mol. The van der Waals surface area contributed by atoms with Gasteiger partial charge in [0, 0.05) is 12.5 Å². The second-order valence-corrected chi connectivity index (χ2v) is 6.75. The van der Waals surface area contributed by atoms with Gasteiger partial charge in [0.2, 0.25) is 10.0 Å². The smallest absolute Gasteiger partial charge is 0.423 e. The average Bonchev–Trinajstić information content (AvgIpc) is 2.38. The molecule has 1 aromatic carbocycles. The Hall–Kier alpha value is -0.925. The van der Waals surface area contributed by atoms with Crippen molar-refractivity contribution in [3.05, 3.63) is 24.3 Å². The number of benzene rings is 1. The van der Waals surface area contributed by atoms with E-state index in [1.165, 1.54) is 23.5 Å². The van der Waals surface area contributed by atoms with Crippen LogP contribution in [0.5, 0.6) is 0 Å². The first kappa shape index (κ1) is 17.1. The van der Waals surface area contributed by atoms with E-state index in [-0.39, 0.29) is 16.5 Å². The quantitative estimate of drug-likeness (QED) is 0.535. The molecule has 1 aromatic rings. The second kappa shape index (κ2) is 6.69. The lowest BCUT2D eigenvalue weighted by Gasteiger charge is -2.32. The molecule has 0 spiro atoms. The van der Waals surface area contributed by atoms with Gasteiger partial charge in [-0.1, -0.05) is 25.1 Å². The number of rotatable bonds is 6. The summed E-state index contributed by atoms with van der Waals surface area (Å²) in [5, 5.41) is 18.6. The van der Waals surface area contributed by atoms with Crippen molar-refractivity contribution in [1.29, 1.82) is 0 Å². The highest BCUT2D eigenvalue weighted by atomic mass is 32.2. The van der Waals surface area contributed by atoms with Gasteiger partial charge in [0.05, 0.1) is 11.1 Å². The zero-order chi connectivity index (χ0) is 15.5. The first-order valence-electron chi connectivity index (χ1n) is 6.33. The molecule has 0 heterocycles. The summed E-state index contributed by atoms with van der Waals surface area (Å²) >= 11 is 0. The van der Waals surface area contributed by atoms with E-state index in [4.69, 9.17) is 0 Å². The molecule has 0 aliphatic rings. The van der Waals surface area contributed by atoms with Crippen LogP contribution in [0.25, 0.3) is 0 Å². The van der Waals surface area contributed by atoms with Crippen molar-refractivity contribution in [3.63, 3.8) is 0 Å². The summed E-state index contributed by atoms with van der Waals surface area (Å²) < 4.78 is 26.5. The lowest BCUT2D eigenvalue weighted by Crippen LogP contribution is -2.47. The fraction of sp³-hybridized carbons (Fsp3) is 0.500. The molecule has 0 bridgehead atoms. The van der Waals surface area contributed by atoms with Crippen molar-refractivity contribution in [2.24, 2.45) is 0 Å². The molecule has 20 heavy (non-hydrogen) atoms. The fourth-order valence-electron chi connectivity index (χ4n) is 2.19. The van der Waals surface area contributed by atoms with E-state index in [0.29, 0.717) is 6.42 Å². The van der Waals surface area contributed by atoms with Crippen LogP contribution in [0.15, 0.2) is 29.2 Å². The molecule has 0 amide bonds. The third-order valence-corrected chi connectivity index (χ3v) is 5.16. The molecule has 0 aromatic heterocycles. The second-order valence-electron chi connectivity index (χ2n) is 4.79. The number of hydrogen-bond donors (Lipinski definition) is 2. The van der Waals surface area contributed by atoms with Gasteiger partial charge in [-0.3, -0.25) is 4.90 Å². The Morgan fingerprint density at radius 3 is 2.20 bits per heavy atom.